The number of ether oxygens (including phenoxy) is 1. The number of anilines is 1. The Hall–Kier alpha value is -2.03. The van der Waals surface area contributed by atoms with Gasteiger partial charge in [-0.25, -0.2) is 4.98 Å². The standard InChI is InChI=1S/C9H10F3N3O3/c10-9(11,12)18-8-5(2-7(16)17)6(14)1-4(3-13)15-8/h1H,2-3,13H2,(H2,14,15)(H,16,17). The van der Waals surface area contributed by atoms with Crippen molar-refractivity contribution in [2.24, 2.45) is 5.73 Å². The summed E-state index contributed by atoms with van der Waals surface area (Å²) >= 11 is 0. The van der Waals surface area contributed by atoms with Gasteiger partial charge in [0.1, 0.15) is 0 Å². The molecule has 0 spiro atoms. The molecule has 0 aliphatic carbocycles. The maximum Gasteiger partial charge on any atom is 0.574 e. The van der Waals surface area contributed by atoms with Crippen LogP contribution in [-0.4, -0.2) is 22.4 Å². The Balaban J connectivity index is 3.24. The van der Waals surface area contributed by atoms with Gasteiger partial charge >= 0.3 is 12.3 Å². The number of nitrogen functional groups attached to an aromatic ring is 1. The van der Waals surface area contributed by atoms with Gasteiger partial charge in [0.15, 0.2) is 0 Å². The molecule has 1 aromatic heterocycles. The van der Waals surface area contributed by atoms with Gasteiger partial charge in [-0.3, -0.25) is 4.79 Å². The average Bonchev–Trinajstić information content (AvgIpc) is 2.20. The fraction of sp³-hybridized carbons (Fsp3) is 0.333. The summed E-state index contributed by atoms with van der Waals surface area (Å²) in [5.41, 5.74) is 10.3. The third-order valence-corrected chi connectivity index (χ3v) is 1.92. The molecule has 0 bridgehead atoms. The fourth-order valence-corrected chi connectivity index (χ4v) is 1.25. The number of aliphatic carboxylic acids is 1. The van der Waals surface area contributed by atoms with Gasteiger partial charge in [-0.1, -0.05) is 0 Å². The molecule has 0 atom stereocenters. The molecule has 1 heterocycles. The number of nitrogens with two attached hydrogens (primary N) is 2. The highest BCUT2D eigenvalue weighted by atomic mass is 19.4. The Morgan fingerprint density at radius 2 is 2.11 bits per heavy atom. The summed E-state index contributed by atoms with van der Waals surface area (Å²) < 4.78 is 40.1. The maximum absolute atomic E-state index is 12.1. The number of carboxylic acids is 1. The van der Waals surface area contributed by atoms with Crippen LogP contribution in [0.2, 0.25) is 0 Å². The van der Waals surface area contributed by atoms with E-state index in [0.29, 0.717) is 0 Å². The van der Waals surface area contributed by atoms with Crippen molar-refractivity contribution in [2.45, 2.75) is 19.3 Å². The summed E-state index contributed by atoms with van der Waals surface area (Å²) in [6, 6.07) is 1.21. The second-order valence-electron chi connectivity index (χ2n) is 3.31. The first-order valence-electron chi connectivity index (χ1n) is 4.69. The Morgan fingerprint density at radius 1 is 1.50 bits per heavy atom. The Labute approximate surface area is 99.4 Å². The third-order valence-electron chi connectivity index (χ3n) is 1.92. The second-order valence-corrected chi connectivity index (χ2v) is 3.31. The van der Waals surface area contributed by atoms with Gasteiger partial charge in [0, 0.05) is 17.8 Å². The van der Waals surface area contributed by atoms with Crippen molar-refractivity contribution in [1.29, 1.82) is 0 Å². The minimum Gasteiger partial charge on any atom is -0.481 e. The van der Waals surface area contributed by atoms with Crippen LogP contribution in [0.5, 0.6) is 5.88 Å². The lowest BCUT2D eigenvalue weighted by molar-refractivity contribution is -0.276. The van der Waals surface area contributed by atoms with Crippen molar-refractivity contribution < 1.29 is 27.8 Å². The van der Waals surface area contributed by atoms with Gasteiger partial charge in [0.25, 0.3) is 0 Å². The van der Waals surface area contributed by atoms with Crippen LogP contribution in [0.1, 0.15) is 11.3 Å². The van der Waals surface area contributed by atoms with Crippen LogP contribution in [-0.2, 0) is 17.8 Å². The van der Waals surface area contributed by atoms with Gasteiger partial charge in [-0.05, 0) is 6.07 Å². The fourth-order valence-electron chi connectivity index (χ4n) is 1.25. The van der Waals surface area contributed by atoms with E-state index in [0.717, 1.165) is 0 Å². The average molecular weight is 265 g/mol. The lowest BCUT2D eigenvalue weighted by atomic mass is 10.1. The number of nitrogens with zero attached hydrogens (tertiary/aromatic N) is 1. The monoisotopic (exact) mass is 265 g/mol. The Morgan fingerprint density at radius 3 is 2.56 bits per heavy atom. The highest BCUT2D eigenvalue weighted by Crippen LogP contribution is 2.29. The number of carboxylic acid groups (broad SMARTS) is 1. The van der Waals surface area contributed by atoms with Gasteiger partial charge in [0.2, 0.25) is 5.88 Å². The topological polar surface area (TPSA) is 111 Å². The van der Waals surface area contributed by atoms with Gasteiger partial charge in [-0.2, -0.15) is 0 Å². The van der Waals surface area contributed by atoms with E-state index in [4.69, 9.17) is 16.6 Å². The molecule has 0 unspecified atom stereocenters. The molecular formula is C9H10F3N3O3. The van der Waals surface area contributed by atoms with Crippen molar-refractivity contribution in [1.82, 2.24) is 4.98 Å². The second kappa shape index (κ2) is 5.08. The number of halogens is 3. The zero-order valence-corrected chi connectivity index (χ0v) is 8.99. The summed E-state index contributed by atoms with van der Waals surface area (Å²) in [5.74, 6) is -2.23. The molecule has 6 nitrogen and oxygen atoms in total. The molecule has 9 heteroatoms. The predicted molar refractivity (Wildman–Crippen MR) is 54.6 cm³/mol. The van der Waals surface area contributed by atoms with Crippen molar-refractivity contribution in [3.8, 4) is 5.88 Å². The summed E-state index contributed by atoms with van der Waals surface area (Å²) in [4.78, 5) is 14.0. The summed E-state index contributed by atoms with van der Waals surface area (Å²) in [6.45, 7) is -0.147. The van der Waals surface area contributed by atoms with E-state index < -0.39 is 24.6 Å². The van der Waals surface area contributed by atoms with Crippen molar-refractivity contribution in [3.63, 3.8) is 0 Å². The number of alkyl halides is 3. The minimum absolute atomic E-state index is 0.0703. The molecule has 5 N–H and O–H groups in total. The summed E-state index contributed by atoms with van der Waals surface area (Å²) in [5, 5.41) is 8.60. The number of rotatable bonds is 4. The smallest absolute Gasteiger partial charge is 0.481 e. The maximum atomic E-state index is 12.1. The molecule has 0 fully saturated rings. The molecule has 1 rings (SSSR count). The van der Waals surface area contributed by atoms with Gasteiger partial charge in [-0.15, -0.1) is 13.2 Å². The first-order valence-corrected chi connectivity index (χ1v) is 4.69. The lowest BCUT2D eigenvalue weighted by Gasteiger charge is -2.14. The summed E-state index contributed by atoms with van der Waals surface area (Å²) in [6.07, 6.45) is -5.71. The zero-order valence-electron chi connectivity index (χ0n) is 8.99. The molecule has 0 saturated heterocycles. The van der Waals surface area contributed by atoms with Crippen LogP contribution in [0.4, 0.5) is 18.9 Å². The lowest BCUT2D eigenvalue weighted by Crippen LogP contribution is -2.21. The van der Waals surface area contributed by atoms with Crippen LogP contribution < -0.4 is 16.2 Å². The molecular weight excluding hydrogens is 255 g/mol. The quantitative estimate of drug-likeness (QED) is 0.736. The molecule has 0 aliphatic heterocycles. The predicted octanol–water partition coefficient (Wildman–Crippen LogP) is 0.648. The Kier molecular flexibility index (Phi) is 3.96. The van der Waals surface area contributed by atoms with E-state index in [1.165, 1.54) is 6.07 Å². The highest BCUT2D eigenvalue weighted by Gasteiger charge is 2.33. The molecule has 0 aliphatic rings. The molecule has 0 aromatic carbocycles. The first kappa shape index (κ1) is 14.0. The largest absolute Gasteiger partial charge is 0.574 e. The van der Waals surface area contributed by atoms with Crippen LogP contribution in [0.25, 0.3) is 0 Å². The van der Waals surface area contributed by atoms with E-state index in [1.54, 1.807) is 0 Å². The first-order chi connectivity index (χ1) is 8.23. The van der Waals surface area contributed by atoms with Crippen LogP contribution in [0.15, 0.2) is 6.07 Å². The van der Waals surface area contributed by atoms with Crippen molar-refractivity contribution >= 4 is 11.7 Å². The van der Waals surface area contributed by atoms with Crippen molar-refractivity contribution in [2.75, 3.05) is 5.73 Å². The normalized spacial score (nSPS) is 11.3. The van der Waals surface area contributed by atoms with Crippen LogP contribution in [0, 0.1) is 0 Å². The SMILES string of the molecule is NCc1cc(N)c(CC(=O)O)c(OC(F)(F)F)n1. The molecule has 0 amide bonds. The van der Waals surface area contributed by atoms with E-state index >= 15 is 0 Å². The molecule has 1 aromatic rings. The molecule has 100 valence electrons. The number of carbonyl (C=O) groups is 1. The third kappa shape index (κ3) is 3.77. The van der Waals surface area contributed by atoms with E-state index in [9.17, 15) is 18.0 Å². The number of pyridine rings is 1. The molecule has 0 radical (unpaired) electrons. The van der Waals surface area contributed by atoms with Gasteiger partial charge in [0.05, 0.1) is 12.1 Å². The van der Waals surface area contributed by atoms with Crippen molar-refractivity contribution in [3.05, 3.63) is 17.3 Å². The van der Waals surface area contributed by atoms with E-state index in [1.807, 2.05) is 0 Å². The number of aromatic nitrogens is 1. The highest BCUT2D eigenvalue weighted by molar-refractivity contribution is 5.74. The Bertz CT molecular complexity index is 462. The summed E-state index contributed by atoms with van der Waals surface area (Å²) in [7, 11) is 0. The minimum atomic E-state index is -4.99. The van der Waals surface area contributed by atoms with Crippen LogP contribution >= 0.6 is 0 Å². The van der Waals surface area contributed by atoms with E-state index in [2.05, 4.69) is 9.72 Å². The molecule has 18 heavy (non-hydrogen) atoms. The zero-order chi connectivity index (χ0) is 13.9. The molecule has 0 saturated carbocycles. The van der Waals surface area contributed by atoms with E-state index in [-0.39, 0.29) is 23.5 Å². The number of hydrogen-bond acceptors (Lipinski definition) is 5. The number of hydrogen-bond donors (Lipinski definition) is 3. The van der Waals surface area contributed by atoms with Gasteiger partial charge < -0.3 is 21.3 Å². The van der Waals surface area contributed by atoms with Crippen LogP contribution in [0.3, 0.4) is 0 Å².